The molecule has 1 N–H and O–H groups in total. The van der Waals surface area contributed by atoms with Gasteiger partial charge in [-0.25, -0.2) is 0 Å². The van der Waals surface area contributed by atoms with Crippen LogP contribution in [-0.4, -0.2) is 42.5 Å². The fourth-order valence-electron chi connectivity index (χ4n) is 4.45. The number of ether oxygens (including phenoxy) is 1. The third-order valence-corrected chi connectivity index (χ3v) is 9.39. The number of nitrogens with zero attached hydrogens (tertiary/aromatic N) is 3. The number of halogens is 1. The first kappa shape index (κ1) is 26.6. The quantitative estimate of drug-likeness (QED) is 0.325. The molecule has 2 aromatic rings. The van der Waals surface area contributed by atoms with E-state index in [0.717, 1.165) is 36.3 Å². The second kappa shape index (κ2) is 10.7. The smallest absolute Gasteiger partial charge is 0.339 e. The third-order valence-electron chi connectivity index (χ3n) is 6.49. The van der Waals surface area contributed by atoms with E-state index < -0.39 is 16.0 Å². The molecule has 0 aromatic heterocycles. The average molecular weight is 618 g/mol. The van der Waals surface area contributed by atoms with Gasteiger partial charge in [0.05, 0.1) is 17.2 Å². The van der Waals surface area contributed by atoms with Gasteiger partial charge in [0.1, 0.15) is 9.94 Å². The molecule has 1 saturated carbocycles. The number of hydrogen-bond acceptors (Lipinski definition) is 8. The van der Waals surface area contributed by atoms with Crippen molar-refractivity contribution in [1.82, 2.24) is 5.01 Å². The van der Waals surface area contributed by atoms with Gasteiger partial charge in [-0.15, -0.1) is 0 Å². The molecule has 0 unspecified atom stereocenters. The van der Waals surface area contributed by atoms with Crippen LogP contribution in [0.2, 0.25) is 0 Å². The summed E-state index contributed by atoms with van der Waals surface area (Å²) in [6, 6.07) is 9.43. The normalized spacial score (nSPS) is 19.3. The predicted octanol–water partition coefficient (Wildman–Crippen LogP) is 5.73. The minimum absolute atomic E-state index is 0.00907. The fraction of sp³-hybridized carbons (Fsp3) is 0.308. The van der Waals surface area contributed by atoms with Gasteiger partial charge < -0.3 is 8.92 Å². The molecule has 1 aliphatic carbocycles. The van der Waals surface area contributed by atoms with Crippen molar-refractivity contribution in [3.63, 3.8) is 0 Å². The molecular weight excluding hydrogens is 592 g/mol. The van der Waals surface area contributed by atoms with Crippen molar-refractivity contribution in [2.45, 2.75) is 43.9 Å². The Morgan fingerprint density at radius 2 is 1.87 bits per heavy atom. The summed E-state index contributed by atoms with van der Waals surface area (Å²) in [7, 11) is -2.74. The molecule has 2 heterocycles. The van der Waals surface area contributed by atoms with Crippen LogP contribution < -0.4 is 8.92 Å². The molecule has 12 heteroatoms. The SMILES string of the molecule is COc1cc(/C=C2/C(=N)N3N=C(C4CCCCC4)SC3=NC2=O)cc(Br)c1OS(=O)(=O)c1ccc(C)cc1. The van der Waals surface area contributed by atoms with Crippen LogP contribution in [0, 0.1) is 18.3 Å². The van der Waals surface area contributed by atoms with Gasteiger partial charge in [-0.2, -0.15) is 23.5 Å². The zero-order valence-corrected chi connectivity index (χ0v) is 24.0. The minimum Gasteiger partial charge on any atom is -0.493 e. The van der Waals surface area contributed by atoms with Gasteiger partial charge in [0.2, 0.25) is 5.17 Å². The summed E-state index contributed by atoms with van der Waals surface area (Å²) in [5, 5.41) is 16.0. The molecular formula is C26H25BrN4O5S2. The van der Waals surface area contributed by atoms with Crippen molar-refractivity contribution in [2.24, 2.45) is 16.0 Å². The molecule has 38 heavy (non-hydrogen) atoms. The summed E-state index contributed by atoms with van der Waals surface area (Å²) < 4.78 is 36.8. The standard InChI is InChI=1S/C26H25BrN4O5S2/c1-15-8-10-18(11-9-15)38(33,34)36-22-20(27)13-16(14-21(22)35-2)12-19-23(28)31-26(29-24(19)32)37-25(30-31)17-6-4-3-5-7-17/h8-14,17,28H,3-7H2,1-2H3/b19-12-,28-23?. The zero-order valence-electron chi connectivity index (χ0n) is 20.7. The number of aliphatic imine (C=N–C) groups is 1. The lowest BCUT2D eigenvalue weighted by molar-refractivity contribution is -0.114. The summed E-state index contributed by atoms with van der Waals surface area (Å²) in [5.41, 5.74) is 1.48. The van der Waals surface area contributed by atoms with Gasteiger partial charge in [-0.1, -0.05) is 37.0 Å². The van der Waals surface area contributed by atoms with Crippen LogP contribution in [0.1, 0.15) is 43.2 Å². The Labute approximate surface area is 233 Å². The van der Waals surface area contributed by atoms with E-state index in [2.05, 4.69) is 26.0 Å². The maximum absolute atomic E-state index is 12.9. The van der Waals surface area contributed by atoms with E-state index in [1.165, 1.54) is 54.6 Å². The Morgan fingerprint density at radius 1 is 1.16 bits per heavy atom. The first-order valence-corrected chi connectivity index (χ1v) is 15.1. The zero-order chi connectivity index (χ0) is 27.0. The fourth-order valence-corrected chi connectivity index (χ4v) is 7.12. The predicted molar refractivity (Wildman–Crippen MR) is 151 cm³/mol. The summed E-state index contributed by atoms with van der Waals surface area (Å²) in [4.78, 5) is 17.1. The number of hydrogen-bond donors (Lipinski definition) is 1. The Kier molecular flexibility index (Phi) is 7.47. The number of benzene rings is 2. The molecule has 2 aliphatic heterocycles. The summed E-state index contributed by atoms with van der Waals surface area (Å²) in [6.45, 7) is 1.86. The molecule has 2 aromatic carbocycles. The number of methoxy groups -OCH3 is 1. The molecule has 9 nitrogen and oxygen atoms in total. The minimum atomic E-state index is -4.12. The van der Waals surface area contributed by atoms with E-state index in [-0.39, 0.29) is 27.8 Å². The number of fused-ring (bicyclic) bond motifs is 1. The van der Waals surface area contributed by atoms with Gasteiger partial charge in [0.15, 0.2) is 17.3 Å². The average Bonchev–Trinajstić information content (AvgIpc) is 3.33. The lowest BCUT2D eigenvalue weighted by Gasteiger charge is -2.20. The topological polar surface area (TPSA) is 121 Å². The third kappa shape index (κ3) is 5.29. The van der Waals surface area contributed by atoms with E-state index in [1.807, 2.05) is 6.92 Å². The number of hydrazone groups is 1. The Morgan fingerprint density at radius 3 is 2.55 bits per heavy atom. The molecule has 1 fully saturated rings. The van der Waals surface area contributed by atoms with Gasteiger partial charge in [-0.3, -0.25) is 10.2 Å². The van der Waals surface area contributed by atoms with Crippen LogP contribution in [0.15, 0.2) is 61.4 Å². The number of amidine groups is 2. The molecule has 0 bridgehead atoms. The van der Waals surface area contributed by atoms with Crippen LogP contribution in [0.4, 0.5) is 0 Å². The Balaban J connectivity index is 1.43. The number of carbonyl (C=O) groups is 1. The largest absolute Gasteiger partial charge is 0.493 e. The molecule has 5 rings (SSSR count). The molecule has 1 amide bonds. The van der Waals surface area contributed by atoms with Gasteiger partial charge in [-0.05, 0) is 83.4 Å². The monoisotopic (exact) mass is 616 g/mol. The number of nitrogens with one attached hydrogen (secondary N) is 1. The molecule has 0 atom stereocenters. The lowest BCUT2D eigenvalue weighted by Crippen LogP contribution is -2.35. The van der Waals surface area contributed by atoms with Crippen molar-refractivity contribution in [2.75, 3.05) is 7.11 Å². The van der Waals surface area contributed by atoms with Crippen molar-refractivity contribution in [3.05, 3.63) is 57.6 Å². The molecule has 3 aliphatic rings. The molecule has 0 radical (unpaired) electrons. The van der Waals surface area contributed by atoms with E-state index in [9.17, 15) is 13.2 Å². The summed E-state index contributed by atoms with van der Waals surface area (Å²) in [5.74, 6) is -0.156. The summed E-state index contributed by atoms with van der Waals surface area (Å²) >= 11 is 4.73. The highest BCUT2D eigenvalue weighted by Gasteiger charge is 2.38. The highest BCUT2D eigenvalue weighted by molar-refractivity contribution is 9.10. The van der Waals surface area contributed by atoms with Crippen LogP contribution in [0.5, 0.6) is 11.5 Å². The highest BCUT2D eigenvalue weighted by Crippen LogP contribution is 2.40. The lowest BCUT2D eigenvalue weighted by atomic mass is 9.90. The van der Waals surface area contributed by atoms with E-state index in [0.29, 0.717) is 21.1 Å². The van der Waals surface area contributed by atoms with Gasteiger partial charge in [0, 0.05) is 5.92 Å². The van der Waals surface area contributed by atoms with E-state index in [4.69, 9.17) is 14.3 Å². The molecule has 0 spiro atoms. The molecule has 198 valence electrons. The van der Waals surface area contributed by atoms with Crippen LogP contribution in [0.3, 0.4) is 0 Å². The van der Waals surface area contributed by atoms with Gasteiger partial charge >= 0.3 is 10.1 Å². The number of carbonyl (C=O) groups excluding carboxylic acids is 1. The Hall–Kier alpha value is -2.96. The van der Waals surface area contributed by atoms with Gasteiger partial charge in [0.25, 0.3) is 5.91 Å². The first-order chi connectivity index (χ1) is 18.2. The maximum Gasteiger partial charge on any atom is 0.339 e. The number of amides is 1. The van der Waals surface area contributed by atoms with Crippen molar-refractivity contribution < 1.29 is 22.1 Å². The number of thioether (sulfide) groups is 1. The molecule has 0 saturated heterocycles. The Bertz CT molecular complexity index is 1510. The van der Waals surface area contributed by atoms with Crippen LogP contribution in [-0.2, 0) is 14.9 Å². The second-order valence-corrected chi connectivity index (χ2v) is 12.6. The van der Waals surface area contributed by atoms with Crippen LogP contribution in [0.25, 0.3) is 6.08 Å². The first-order valence-electron chi connectivity index (χ1n) is 12.0. The second-order valence-electron chi connectivity index (χ2n) is 9.18. The maximum atomic E-state index is 12.9. The number of rotatable bonds is 6. The van der Waals surface area contributed by atoms with Crippen molar-refractivity contribution in [1.29, 1.82) is 5.41 Å². The van der Waals surface area contributed by atoms with Crippen molar-refractivity contribution >= 4 is 65.8 Å². The highest BCUT2D eigenvalue weighted by atomic mass is 79.9. The number of aryl methyl sites for hydroxylation is 1. The van der Waals surface area contributed by atoms with Crippen LogP contribution >= 0.6 is 27.7 Å². The van der Waals surface area contributed by atoms with Crippen molar-refractivity contribution in [3.8, 4) is 11.5 Å². The summed E-state index contributed by atoms with van der Waals surface area (Å²) in [6.07, 6.45) is 7.15. The van der Waals surface area contributed by atoms with E-state index in [1.54, 1.807) is 18.2 Å². The van der Waals surface area contributed by atoms with E-state index >= 15 is 0 Å².